The fourth-order valence-electron chi connectivity index (χ4n) is 6.41. The number of rotatable bonds is 8. The van der Waals surface area contributed by atoms with Gasteiger partial charge in [0, 0.05) is 24.1 Å². The van der Waals surface area contributed by atoms with Crippen molar-refractivity contribution in [3.05, 3.63) is 29.3 Å². The molecule has 6 nitrogen and oxygen atoms in total. The second-order valence-electron chi connectivity index (χ2n) is 12.0. The Hall–Kier alpha value is -2.08. The van der Waals surface area contributed by atoms with E-state index in [9.17, 15) is 9.59 Å². The fraction of sp³-hybridized carbons (Fsp3) is 0.771. The smallest absolute Gasteiger partial charge is 0.407 e. The normalized spacial score (nSPS) is 24.9. The van der Waals surface area contributed by atoms with Crippen molar-refractivity contribution in [2.24, 2.45) is 23.2 Å². The van der Waals surface area contributed by atoms with Gasteiger partial charge in [-0.15, -0.1) is 0 Å². The number of carbonyl (C=O) groups is 2. The molecule has 2 aliphatic carbocycles. The molecule has 238 valence electrons. The summed E-state index contributed by atoms with van der Waals surface area (Å²) in [5, 5.41) is 6.55. The average Bonchev–Trinajstić information content (AvgIpc) is 2.94. The first-order valence-corrected chi connectivity index (χ1v) is 16.3. The minimum Gasteiger partial charge on any atom is -0.497 e. The van der Waals surface area contributed by atoms with Crippen LogP contribution in [0, 0.1) is 30.1 Å². The molecule has 3 unspecified atom stereocenters. The molecule has 2 saturated carbocycles. The third-order valence-corrected chi connectivity index (χ3v) is 8.11. The van der Waals surface area contributed by atoms with Crippen LogP contribution in [-0.2, 0) is 4.74 Å². The minimum absolute atomic E-state index is 0.00658. The van der Waals surface area contributed by atoms with E-state index in [-0.39, 0.29) is 23.2 Å². The number of ether oxygens (including phenoxy) is 2. The SMILES string of the molecule is CC.CC.CC.COc1cc(C)cc(C(=O)[C@H]2CC(NCCCNC(=O)OC(C)(C)C)CC3C(C)CCC[C@@]32C)c1. The standard InChI is InChI=1S/C29H46N2O4.3C2H6/c1-19-14-21(16-23(15-19)34-7)26(32)25-18-22(17-24-20(2)10-8-11-29(24,25)6)30-12-9-13-31-27(33)35-28(3,4)5;3*1-2/h14-16,20,22,24-25,30H,8-13,17-18H2,1-7H3,(H,31,33);3*1-2H3/t20?,22?,24?,25-,29+;;;/m1.../s1. The number of Topliss-reactive ketones (excluding diaryl/α,β-unsaturated/α-hetero) is 1. The summed E-state index contributed by atoms with van der Waals surface area (Å²) < 4.78 is 10.8. The summed E-state index contributed by atoms with van der Waals surface area (Å²) in [6, 6.07) is 6.19. The number of aryl methyl sites for hydroxylation is 1. The van der Waals surface area contributed by atoms with E-state index in [0.29, 0.717) is 24.4 Å². The van der Waals surface area contributed by atoms with Crippen LogP contribution < -0.4 is 15.4 Å². The number of carbonyl (C=O) groups excluding carboxylic acids is 2. The van der Waals surface area contributed by atoms with Crippen molar-refractivity contribution in [2.45, 2.75) is 133 Å². The van der Waals surface area contributed by atoms with Crippen LogP contribution in [0.5, 0.6) is 5.75 Å². The zero-order valence-corrected chi connectivity index (χ0v) is 28.8. The molecular weight excluding hydrogens is 512 g/mol. The predicted octanol–water partition coefficient (Wildman–Crippen LogP) is 8.99. The van der Waals surface area contributed by atoms with Crippen LogP contribution >= 0.6 is 0 Å². The summed E-state index contributed by atoms with van der Waals surface area (Å²) in [5.74, 6) is 2.15. The number of methoxy groups -OCH3 is 1. The Labute approximate surface area is 253 Å². The molecule has 0 radical (unpaired) electrons. The number of ketones is 1. The van der Waals surface area contributed by atoms with E-state index in [0.717, 1.165) is 49.1 Å². The molecule has 6 heteroatoms. The van der Waals surface area contributed by atoms with Crippen molar-refractivity contribution < 1.29 is 19.1 Å². The van der Waals surface area contributed by atoms with Gasteiger partial charge in [-0.1, -0.05) is 68.2 Å². The lowest BCUT2D eigenvalue weighted by Crippen LogP contribution is -2.54. The van der Waals surface area contributed by atoms with Gasteiger partial charge in [0.1, 0.15) is 11.4 Å². The van der Waals surface area contributed by atoms with Crippen LogP contribution in [-0.4, -0.2) is 43.7 Å². The average molecular weight is 577 g/mol. The van der Waals surface area contributed by atoms with E-state index < -0.39 is 5.60 Å². The van der Waals surface area contributed by atoms with Gasteiger partial charge in [-0.25, -0.2) is 4.79 Å². The molecule has 0 aromatic heterocycles. The largest absolute Gasteiger partial charge is 0.497 e. The summed E-state index contributed by atoms with van der Waals surface area (Å²) in [6.07, 6.45) is 5.97. The summed E-state index contributed by atoms with van der Waals surface area (Å²) in [7, 11) is 1.65. The summed E-state index contributed by atoms with van der Waals surface area (Å²) in [5.41, 5.74) is 1.36. The maximum absolute atomic E-state index is 14.0. The molecule has 0 aliphatic heterocycles. The summed E-state index contributed by atoms with van der Waals surface area (Å²) in [4.78, 5) is 25.8. The first-order chi connectivity index (χ1) is 19.4. The van der Waals surface area contributed by atoms with E-state index in [4.69, 9.17) is 9.47 Å². The lowest BCUT2D eigenvalue weighted by Gasteiger charge is -2.54. The number of hydrogen-bond acceptors (Lipinski definition) is 5. The Morgan fingerprint density at radius 2 is 1.63 bits per heavy atom. The third kappa shape index (κ3) is 12.0. The highest BCUT2D eigenvalue weighted by Gasteiger charge is 2.52. The second-order valence-corrected chi connectivity index (χ2v) is 12.0. The number of alkyl carbamates (subject to hydrolysis) is 1. The van der Waals surface area contributed by atoms with Gasteiger partial charge in [0.05, 0.1) is 7.11 Å². The highest BCUT2D eigenvalue weighted by atomic mass is 16.6. The summed E-state index contributed by atoms with van der Waals surface area (Å²) in [6.45, 7) is 25.7. The topological polar surface area (TPSA) is 76.7 Å². The lowest BCUT2D eigenvalue weighted by molar-refractivity contribution is -0.0310. The van der Waals surface area contributed by atoms with Gasteiger partial charge in [-0.3, -0.25) is 4.79 Å². The molecule has 5 atom stereocenters. The fourth-order valence-corrected chi connectivity index (χ4v) is 6.41. The van der Waals surface area contributed by atoms with Crippen molar-refractivity contribution in [2.75, 3.05) is 20.2 Å². The predicted molar refractivity (Wildman–Crippen MR) is 174 cm³/mol. The number of hydrogen-bond donors (Lipinski definition) is 2. The zero-order valence-electron chi connectivity index (χ0n) is 28.8. The lowest BCUT2D eigenvalue weighted by atomic mass is 9.51. The molecule has 2 aliphatic rings. The number of amides is 1. The molecule has 1 aromatic rings. The van der Waals surface area contributed by atoms with Gasteiger partial charge in [0.15, 0.2) is 5.78 Å². The Balaban J connectivity index is 0.00000250. The number of fused-ring (bicyclic) bond motifs is 1. The van der Waals surface area contributed by atoms with Crippen LogP contribution in [0.1, 0.15) is 131 Å². The maximum atomic E-state index is 14.0. The first kappa shape index (κ1) is 38.9. The monoisotopic (exact) mass is 576 g/mol. The third-order valence-electron chi connectivity index (χ3n) is 8.11. The van der Waals surface area contributed by atoms with Crippen LogP contribution in [0.4, 0.5) is 4.79 Å². The Morgan fingerprint density at radius 1 is 1.00 bits per heavy atom. The molecule has 1 amide bonds. The Morgan fingerprint density at radius 3 is 2.22 bits per heavy atom. The van der Waals surface area contributed by atoms with Crippen molar-refractivity contribution in [3.63, 3.8) is 0 Å². The van der Waals surface area contributed by atoms with Crippen molar-refractivity contribution in [3.8, 4) is 5.75 Å². The molecule has 2 N–H and O–H groups in total. The quantitative estimate of drug-likeness (QED) is 0.238. The molecule has 3 rings (SSSR count). The van der Waals surface area contributed by atoms with Crippen molar-refractivity contribution in [1.82, 2.24) is 10.6 Å². The minimum atomic E-state index is -0.489. The van der Waals surface area contributed by atoms with E-state index in [1.54, 1.807) is 7.11 Å². The van der Waals surface area contributed by atoms with Crippen LogP contribution in [0.15, 0.2) is 18.2 Å². The Kier molecular flexibility index (Phi) is 18.2. The first-order valence-electron chi connectivity index (χ1n) is 16.3. The van der Waals surface area contributed by atoms with Crippen LogP contribution in [0.25, 0.3) is 0 Å². The molecule has 0 heterocycles. The van der Waals surface area contributed by atoms with Crippen molar-refractivity contribution >= 4 is 11.9 Å². The molecule has 2 fully saturated rings. The highest BCUT2D eigenvalue weighted by Crippen LogP contribution is 2.56. The molecule has 41 heavy (non-hydrogen) atoms. The van der Waals surface area contributed by atoms with E-state index in [2.05, 4.69) is 24.5 Å². The van der Waals surface area contributed by atoms with Gasteiger partial charge in [0.2, 0.25) is 0 Å². The molecule has 0 bridgehead atoms. The van der Waals surface area contributed by atoms with E-state index >= 15 is 0 Å². The summed E-state index contributed by atoms with van der Waals surface area (Å²) >= 11 is 0. The highest BCUT2D eigenvalue weighted by molar-refractivity contribution is 5.99. The molecule has 1 aromatic carbocycles. The van der Waals surface area contributed by atoms with Gasteiger partial charge >= 0.3 is 6.09 Å². The van der Waals surface area contributed by atoms with Crippen LogP contribution in [0.3, 0.4) is 0 Å². The van der Waals surface area contributed by atoms with Gasteiger partial charge < -0.3 is 20.1 Å². The zero-order chi connectivity index (χ0) is 31.8. The maximum Gasteiger partial charge on any atom is 0.407 e. The van der Waals surface area contributed by atoms with Gasteiger partial charge in [-0.05, 0) is 101 Å². The Bertz CT molecular complexity index is 895. The molecule has 0 spiro atoms. The van der Waals surface area contributed by atoms with Gasteiger partial charge in [-0.2, -0.15) is 0 Å². The van der Waals surface area contributed by atoms with Crippen molar-refractivity contribution in [1.29, 1.82) is 0 Å². The van der Waals surface area contributed by atoms with Gasteiger partial charge in [0.25, 0.3) is 0 Å². The second kappa shape index (κ2) is 19.2. The van der Waals surface area contributed by atoms with E-state index in [1.807, 2.05) is 87.4 Å². The molecule has 0 saturated heterocycles. The van der Waals surface area contributed by atoms with E-state index in [1.165, 1.54) is 12.8 Å². The van der Waals surface area contributed by atoms with Crippen LogP contribution in [0.2, 0.25) is 0 Å². The number of benzene rings is 1. The number of nitrogens with one attached hydrogen (secondary N) is 2. The molecular formula is C35H64N2O4.